The maximum Gasteiger partial charge on any atom is 0.339 e. The van der Waals surface area contributed by atoms with Crippen LogP contribution in [0.5, 0.6) is 5.75 Å². The number of rotatable bonds is 1. The fraction of sp³-hybridized carbons (Fsp3) is 0.0833. The Bertz CT molecular complexity index is 503. The smallest absolute Gasteiger partial charge is 0.339 e. The number of aromatic carboxylic acids is 1. The van der Waals surface area contributed by atoms with Crippen LogP contribution in [0, 0.1) is 0 Å². The molecule has 0 radical (unpaired) electrons. The molecule has 0 saturated carbocycles. The molecule has 0 heterocycles. The van der Waals surface area contributed by atoms with Gasteiger partial charge in [0.25, 0.3) is 0 Å². The van der Waals surface area contributed by atoms with Crippen LogP contribution in [0.3, 0.4) is 0 Å². The lowest BCUT2D eigenvalue weighted by molar-refractivity contribution is 0.0694. The zero-order valence-electron chi connectivity index (χ0n) is 7.27. The minimum Gasteiger partial charge on any atom is -0.507 e. The number of carboxylic acids is 1. The molecule has 0 unspecified atom stereocenters. The molecule has 78 valence electrons. The van der Waals surface area contributed by atoms with Crippen LogP contribution >= 0.6 is 0 Å². The quantitative estimate of drug-likeness (QED) is 0.750. The molecule has 2 N–H and O–H groups in total. The van der Waals surface area contributed by atoms with Crippen molar-refractivity contribution in [1.82, 2.24) is 0 Å². The fourth-order valence-electron chi connectivity index (χ4n) is 1.40. The Morgan fingerprint density at radius 1 is 1.07 bits per heavy atom. The number of hydrogen-bond acceptors (Lipinski definition) is 2. The summed E-state index contributed by atoms with van der Waals surface area (Å²) in [6.07, 6.45) is 0. The first-order valence-electron chi connectivity index (χ1n) is 4.13. The second-order valence-electron chi connectivity index (χ2n) is 3.02. The predicted octanol–water partition coefficient (Wildman–Crippen LogP) is 2.88. The van der Waals surface area contributed by atoms with E-state index in [1.165, 1.54) is 12.1 Å². The Morgan fingerprint density at radius 3 is 2.13 bits per heavy atom. The van der Waals surface area contributed by atoms with Gasteiger partial charge in [0.2, 0.25) is 0 Å². The van der Waals surface area contributed by atoms with E-state index in [9.17, 15) is 9.90 Å². The van der Waals surface area contributed by atoms with Gasteiger partial charge in [-0.3, -0.25) is 0 Å². The van der Waals surface area contributed by atoms with Gasteiger partial charge in [0, 0.05) is 0 Å². The third-order valence-electron chi connectivity index (χ3n) is 2.09. The highest BCUT2D eigenvalue weighted by molar-refractivity contribution is 5.97. The van der Waals surface area contributed by atoms with Gasteiger partial charge in [-0.2, -0.15) is 0 Å². The fourth-order valence-corrected chi connectivity index (χ4v) is 1.40. The second kappa shape index (κ2) is 4.00. The second-order valence-corrected chi connectivity index (χ2v) is 3.02. The molecule has 0 saturated heterocycles. The summed E-state index contributed by atoms with van der Waals surface area (Å²) in [5.41, 5.74) is -0.0660. The predicted molar refractivity (Wildman–Crippen MR) is 59.3 cm³/mol. The SMILES string of the molecule is C.O=C(O)c1cc2ccccc2cc1O. The average molecular weight is 204 g/mol. The van der Waals surface area contributed by atoms with Crippen molar-refractivity contribution in [3.63, 3.8) is 0 Å². The van der Waals surface area contributed by atoms with Crippen molar-refractivity contribution in [2.24, 2.45) is 0 Å². The summed E-state index contributed by atoms with van der Waals surface area (Å²) in [6, 6.07) is 10.2. The van der Waals surface area contributed by atoms with Crippen LogP contribution in [0.2, 0.25) is 0 Å². The molecular formula is C12H12O3. The van der Waals surface area contributed by atoms with E-state index in [2.05, 4.69) is 0 Å². The van der Waals surface area contributed by atoms with Gasteiger partial charge in [-0.05, 0) is 22.9 Å². The molecule has 15 heavy (non-hydrogen) atoms. The molecule has 0 atom stereocenters. The molecule has 0 bridgehead atoms. The summed E-state index contributed by atoms with van der Waals surface area (Å²) in [4.78, 5) is 10.7. The number of hydrogen-bond donors (Lipinski definition) is 2. The van der Waals surface area contributed by atoms with Gasteiger partial charge in [0.1, 0.15) is 11.3 Å². The van der Waals surface area contributed by atoms with E-state index >= 15 is 0 Å². The van der Waals surface area contributed by atoms with E-state index < -0.39 is 5.97 Å². The van der Waals surface area contributed by atoms with Crippen LogP contribution in [0.25, 0.3) is 10.8 Å². The molecule has 2 aromatic carbocycles. The van der Waals surface area contributed by atoms with Gasteiger partial charge in [0.05, 0.1) is 0 Å². The zero-order valence-corrected chi connectivity index (χ0v) is 7.27. The minimum atomic E-state index is -1.12. The lowest BCUT2D eigenvalue weighted by atomic mass is 10.1. The monoisotopic (exact) mass is 204 g/mol. The first-order chi connectivity index (χ1) is 6.68. The van der Waals surface area contributed by atoms with Crippen LogP contribution in [-0.4, -0.2) is 16.2 Å². The molecule has 3 nitrogen and oxygen atoms in total. The number of fused-ring (bicyclic) bond motifs is 1. The number of phenols is 1. The lowest BCUT2D eigenvalue weighted by Crippen LogP contribution is -1.96. The highest BCUT2D eigenvalue weighted by Gasteiger charge is 2.09. The summed E-state index contributed by atoms with van der Waals surface area (Å²) in [5, 5.41) is 19.8. The standard InChI is InChI=1S/C11H8O3.CH4/c12-10-6-8-4-2-1-3-7(8)5-9(10)11(13)14;/h1-6,12H,(H,13,14);1H4. The Labute approximate surface area is 87.6 Å². The Morgan fingerprint density at radius 2 is 1.60 bits per heavy atom. The third kappa shape index (κ3) is 1.91. The summed E-state index contributed by atoms with van der Waals surface area (Å²) >= 11 is 0. The van der Waals surface area contributed by atoms with Gasteiger partial charge >= 0.3 is 5.97 Å². The van der Waals surface area contributed by atoms with E-state index in [-0.39, 0.29) is 18.7 Å². The van der Waals surface area contributed by atoms with Crippen molar-refractivity contribution in [1.29, 1.82) is 0 Å². The van der Waals surface area contributed by atoms with Crippen LogP contribution in [0.1, 0.15) is 17.8 Å². The highest BCUT2D eigenvalue weighted by atomic mass is 16.4. The van der Waals surface area contributed by atoms with Crippen LogP contribution < -0.4 is 0 Å². The van der Waals surface area contributed by atoms with E-state index in [0.717, 1.165) is 10.8 Å². The Kier molecular flexibility index (Phi) is 2.95. The maximum absolute atomic E-state index is 10.7. The Hall–Kier alpha value is -2.03. The van der Waals surface area contributed by atoms with E-state index in [0.29, 0.717) is 0 Å². The number of carbonyl (C=O) groups is 1. The van der Waals surface area contributed by atoms with E-state index in [1.54, 1.807) is 6.07 Å². The van der Waals surface area contributed by atoms with Crippen molar-refractivity contribution in [2.45, 2.75) is 7.43 Å². The van der Waals surface area contributed by atoms with Crippen molar-refractivity contribution in [3.05, 3.63) is 42.0 Å². The number of carboxylic acid groups (broad SMARTS) is 1. The molecule has 0 fully saturated rings. The molecule has 0 aromatic heterocycles. The zero-order chi connectivity index (χ0) is 10.1. The summed E-state index contributed by atoms with van der Waals surface area (Å²) < 4.78 is 0. The molecule has 2 aromatic rings. The van der Waals surface area contributed by atoms with E-state index in [1.807, 2.05) is 18.2 Å². The topological polar surface area (TPSA) is 57.5 Å². The largest absolute Gasteiger partial charge is 0.507 e. The number of benzene rings is 2. The number of aromatic hydroxyl groups is 1. The van der Waals surface area contributed by atoms with Crippen molar-refractivity contribution in [3.8, 4) is 5.75 Å². The molecule has 0 spiro atoms. The van der Waals surface area contributed by atoms with Crippen LogP contribution in [0.4, 0.5) is 0 Å². The summed E-state index contributed by atoms with van der Waals surface area (Å²) in [6.45, 7) is 0. The summed E-state index contributed by atoms with van der Waals surface area (Å²) in [7, 11) is 0. The van der Waals surface area contributed by atoms with Gasteiger partial charge in [-0.15, -0.1) is 0 Å². The lowest BCUT2D eigenvalue weighted by Gasteiger charge is -2.02. The highest BCUT2D eigenvalue weighted by Crippen LogP contribution is 2.24. The van der Waals surface area contributed by atoms with Crippen molar-refractivity contribution in [2.75, 3.05) is 0 Å². The Balaban J connectivity index is 0.00000112. The van der Waals surface area contributed by atoms with Gasteiger partial charge in [-0.25, -0.2) is 4.79 Å². The molecule has 0 aliphatic heterocycles. The van der Waals surface area contributed by atoms with Crippen molar-refractivity contribution < 1.29 is 15.0 Å². The van der Waals surface area contributed by atoms with Gasteiger partial charge in [-0.1, -0.05) is 31.7 Å². The van der Waals surface area contributed by atoms with Gasteiger partial charge < -0.3 is 10.2 Å². The molecule has 0 aliphatic rings. The molecule has 0 aliphatic carbocycles. The molecule has 0 amide bonds. The normalized spacial score (nSPS) is 9.60. The maximum atomic E-state index is 10.7. The van der Waals surface area contributed by atoms with E-state index in [4.69, 9.17) is 5.11 Å². The molecular weight excluding hydrogens is 192 g/mol. The van der Waals surface area contributed by atoms with Crippen molar-refractivity contribution >= 4 is 16.7 Å². The first kappa shape index (κ1) is 11.0. The van der Waals surface area contributed by atoms with Crippen LogP contribution in [0.15, 0.2) is 36.4 Å². The first-order valence-corrected chi connectivity index (χ1v) is 4.13. The van der Waals surface area contributed by atoms with Gasteiger partial charge in [0.15, 0.2) is 0 Å². The molecule has 2 rings (SSSR count). The third-order valence-corrected chi connectivity index (χ3v) is 2.09. The minimum absolute atomic E-state index is 0. The van der Waals surface area contributed by atoms with Crippen LogP contribution in [-0.2, 0) is 0 Å². The molecule has 3 heteroatoms. The summed E-state index contributed by atoms with van der Waals surface area (Å²) in [5.74, 6) is -1.32. The average Bonchev–Trinajstić information content (AvgIpc) is 2.16.